The number of nitrogens with zero attached hydrogens (tertiary/aromatic N) is 1. The van der Waals surface area contributed by atoms with Gasteiger partial charge in [-0.1, -0.05) is 54.6 Å². The van der Waals surface area contributed by atoms with Crippen LogP contribution in [0.15, 0.2) is 83.8 Å². The number of anilines is 1. The van der Waals surface area contributed by atoms with Gasteiger partial charge in [-0.25, -0.2) is 8.42 Å². The zero-order valence-electron chi connectivity index (χ0n) is 18.7. The van der Waals surface area contributed by atoms with Crippen LogP contribution in [-0.4, -0.2) is 40.3 Å². The molecule has 0 heterocycles. The van der Waals surface area contributed by atoms with Gasteiger partial charge in [-0.2, -0.15) is 11.8 Å². The van der Waals surface area contributed by atoms with Crippen molar-refractivity contribution in [1.29, 1.82) is 0 Å². The van der Waals surface area contributed by atoms with Crippen LogP contribution in [0.3, 0.4) is 0 Å². The lowest BCUT2D eigenvalue weighted by atomic mass is 10.1. The van der Waals surface area contributed by atoms with E-state index in [1.807, 2.05) is 12.1 Å². The van der Waals surface area contributed by atoms with E-state index in [9.17, 15) is 13.2 Å². The molecule has 3 aromatic rings. The highest BCUT2D eigenvalue weighted by atomic mass is 32.2. The predicted molar refractivity (Wildman–Crippen MR) is 134 cm³/mol. The summed E-state index contributed by atoms with van der Waals surface area (Å²) < 4.78 is 33.2. The van der Waals surface area contributed by atoms with Gasteiger partial charge in [-0.3, -0.25) is 9.10 Å². The Bertz CT molecular complexity index is 1170. The van der Waals surface area contributed by atoms with Crippen LogP contribution in [0.4, 0.5) is 5.69 Å². The van der Waals surface area contributed by atoms with E-state index in [-0.39, 0.29) is 17.3 Å². The lowest BCUT2D eigenvalue weighted by Crippen LogP contribution is -2.41. The van der Waals surface area contributed by atoms with Gasteiger partial charge < -0.3 is 10.1 Å². The molecule has 174 valence electrons. The Hall–Kier alpha value is -2.97. The number of nitrogens with one attached hydrogen (secondary N) is 1. The van der Waals surface area contributed by atoms with Gasteiger partial charge >= 0.3 is 0 Å². The summed E-state index contributed by atoms with van der Waals surface area (Å²) in [6.07, 6.45) is 0. The summed E-state index contributed by atoms with van der Waals surface area (Å²) in [7, 11) is -2.50. The molecule has 0 aliphatic carbocycles. The van der Waals surface area contributed by atoms with Crippen LogP contribution in [0, 0.1) is 6.92 Å². The zero-order chi connectivity index (χ0) is 23.7. The van der Waals surface area contributed by atoms with E-state index in [0.717, 1.165) is 15.8 Å². The van der Waals surface area contributed by atoms with Gasteiger partial charge in [0.05, 0.1) is 17.7 Å². The third-order valence-electron chi connectivity index (χ3n) is 5.06. The van der Waals surface area contributed by atoms with E-state index in [0.29, 0.717) is 18.0 Å². The number of amides is 1. The van der Waals surface area contributed by atoms with Crippen LogP contribution < -0.4 is 14.4 Å². The Balaban J connectivity index is 1.67. The van der Waals surface area contributed by atoms with Gasteiger partial charge in [0.1, 0.15) is 12.3 Å². The molecule has 0 spiro atoms. The summed E-state index contributed by atoms with van der Waals surface area (Å²) in [6.45, 7) is 2.18. The molecule has 0 radical (unpaired) electrons. The second kappa shape index (κ2) is 11.8. The molecule has 0 unspecified atom stereocenters. The number of sulfonamides is 1. The molecule has 6 nitrogen and oxygen atoms in total. The molecule has 33 heavy (non-hydrogen) atoms. The molecule has 0 saturated carbocycles. The summed E-state index contributed by atoms with van der Waals surface area (Å²) in [5.41, 5.74) is 2.82. The van der Waals surface area contributed by atoms with Crippen molar-refractivity contribution in [2.24, 2.45) is 0 Å². The molecule has 0 aliphatic heterocycles. The number of hydrogen-bond donors (Lipinski definition) is 1. The van der Waals surface area contributed by atoms with E-state index in [4.69, 9.17) is 4.74 Å². The smallest absolute Gasteiger partial charge is 0.264 e. The highest BCUT2D eigenvalue weighted by Gasteiger charge is 2.29. The predicted octanol–water partition coefficient (Wildman–Crippen LogP) is 4.25. The maximum Gasteiger partial charge on any atom is 0.264 e. The van der Waals surface area contributed by atoms with Gasteiger partial charge in [-0.05, 0) is 42.3 Å². The first-order valence-electron chi connectivity index (χ1n) is 10.5. The van der Waals surface area contributed by atoms with Crippen molar-refractivity contribution < 1.29 is 17.9 Å². The number of carbonyl (C=O) groups is 1. The van der Waals surface area contributed by atoms with Crippen LogP contribution in [0.25, 0.3) is 0 Å². The van der Waals surface area contributed by atoms with Gasteiger partial charge in [0, 0.05) is 18.1 Å². The van der Waals surface area contributed by atoms with Gasteiger partial charge in [0.25, 0.3) is 10.0 Å². The number of carbonyl (C=O) groups excluding carboxylic acids is 1. The summed E-state index contributed by atoms with van der Waals surface area (Å²) in [5, 5.41) is 2.84. The Morgan fingerprint density at radius 3 is 2.36 bits per heavy atom. The molecule has 0 atom stereocenters. The molecule has 3 rings (SSSR count). The van der Waals surface area contributed by atoms with E-state index < -0.39 is 10.0 Å². The summed E-state index contributed by atoms with van der Waals surface area (Å²) in [5.74, 6) is 1.58. The summed E-state index contributed by atoms with van der Waals surface area (Å²) in [4.78, 5) is 12.8. The highest BCUT2D eigenvalue weighted by Crippen LogP contribution is 2.32. The van der Waals surface area contributed by atoms with Crippen molar-refractivity contribution in [3.63, 3.8) is 0 Å². The average Bonchev–Trinajstić information content (AvgIpc) is 2.84. The first-order valence-corrected chi connectivity index (χ1v) is 13.1. The highest BCUT2D eigenvalue weighted by molar-refractivity contribution is 7.98. The maximum absolute atomic E-state index is 13.4. The monoisotopic (exact) mass is 484 g/mol. The largest absolute Gasteiger partial charge is 0.495 e. The molecule has 0 aromatic heterocycles. The first kappa shape index (κ1) is 24.7. The van der Waals surface area contributed by atoms with Crippen LogP contribution in [0.1, 0.15) is 11.1 Å². The van der Waals surface area contributed by atoms with Crippen LogP contribution in [0.5, 0.6) is 5.75 Å². The number of methoxy groups -OCH3 is 1. The molecule has 8 heteroatoms. The number of ether oxygens (including phenoxy) is 1. The van der Waals surface area contributed by atoms with Crippen molar-refractivity contribution in [2.75, 3.05) is 30.3 Å². The molecule has 0 fully saturated rings. The summed E-state index contributed by atoms with van der Waals surface area (Å²) >= 11 is 1.72. The topological polar surface area (TPSA) is 75.7 Å². The number of para-hydroxylation sites is 2. The minimum Gasteiger partial charge on any atom is -0.495 e. The average molecular weight is 485 g/mol. The molecule has 0 bridgehead atoms. The quantitative estimate of drug-likeness (QED) is 0.412. The zero-order valence-corrected chi connectivity index (χ0v) is 20.4. The van der Waals surface area contributed by atoms with Crippen molar-refractivity contribution in [3.05, 3.63) is 90.0 Å². The van der Waals surface area contributed by atoms with E-state index in [2.05, 4.69) is 24.4 Å². The molecule has 0 saturated heterocycles. The summed E-state index contributed by atoms with van der Waals surface area (Å²) in [6, 6.07) is 23.0. The lowest BCUT2D eigenvalue weighted by Gasteiger charge is -2.25. The third-order valence-corrected chi connectivity index (χ3v) is 7.84. The number of benzene rings is 3. The van der Waals surface area contributed by atoms with Gasteiger partial charge in [-0.15, -0.1) is 0 Å². The minimum atomic E-state index is -3.97. The third kappa shape index (κ3) is 6.52. The Morgan fingerprint density at radius 2 is 1.64 bits per heavy atom. The first-order chi connectivity index (χ1) is 15.9. The van der Waals surface area contributed by atoms with E-state index >= 15 is 0 Å². The van der Waals surface area contributed by atoms with Crippen molar-refractivity contribution in [3.8, 4) is 5.75 Å². The fourth-order valence-corrected chi connectivity index (χ4v) is 5.65. The molecule has 0 aliphatic rings. The second-order valence-corrected chi connectivity index (χ2v) is 10.3. The Morgan fingerprint density at radius 1 is 0.970 bits per heavy atom. The molecular weight excluding hydrogens is 456 g/mol. The molecule has 3 aromatic carbocycles. The number of hydrogen-bond acceptors (Lipinski definition) is 5. The van der Waals surface area contributed by atoms with Gasteiger partial charge in [0.15, 0.2) is 0 Å². The molecular formula is C25H28N2O4S2. The Kier molecular flexibility index (Phi) is 8.79. The fraction of sp³-hybridized carbons (Fsp3) is 0.240. The number of thioether (sulfide) groups is 1. The second-order valence-electron chi connectivity index (χ2n) is 7.33. The van der Waals surface area contributed by atoms with Crippen LogP contribution in [0.2, 0.25) is 0 Å². The van der Waals surface area contributed by atoms with Crippen molar-refractivity contribution >= 4 is 33.4 Å². The van der Waals surface area contributed by atoms with E-state index in [1.54, 1.807) is 54.2 Å². The SMILES string of the molecule is COc1ccccc1N(CC(=O)NCCSCc1ccccc1C)S(=O)(=O)c1ccccc1. The lowest BCUT2D eigenvalue weighted by molar-refractivity contribution is -0.119. The fourth-order valence-electron chi connectivity index (χ4n) is 3.26. The van der Waals surface area contributed by atoms with Crippen molar-refractivity contribution in [2.45, 2.75) is 17.6 Å². The van der Waals surface area contributed by atoms with Crippen LogP contribution >= 0.6 is 11.8 Å². The van der Waals surface area contributed by atoms with Crippen LogP contribution in [-0.2, 0) is 20.6 Å². The minimum absolute atomic E-state index is 0.109. The standard InChI is InChI=1S/C25H28N2O4S2/c1-20-10-6-7-11-21(20)19-32-17-16-26-25(28)18-27(23-14-8-9-15-24(23)31-2)33(29,30)22-12-4-3-5-13-22/h3-15H,16-19H2,1-2H3,(H,26,28). The Labute approximate surface area is 200 Å². The molecule has 1 N–H and O–H groups in total. The van der Waals surface area contributed by atoms with Gasteiger partial charge in [0.2, 0.25) is 5.91 Å². The molecule has 1 amide bonds. The maximum atomic E-state index is 13.4. The number of aryl methyl sites for hydroxylation is 1. The normalized spacial score (nSPS) is 11.1. The number of rotatable bonds is 11. The van der Waals surface area contributed by atoms with E-state index in [1.165, 1.54) is 30.4 Å². The van der Waals surface area contributed by atoms with Crippen molar-refractivity contribution in [1.82, 2.24) is 5.32 Å².